The maximum atomic E-state index is 4.72. The highest BCUT2D eigenvalue weighted by Crippen LogP contribution is 2.27. The maximum absolute atomic E-state index is 4.72. The molecule has 1 radical (unpaired) electrons. The van der Waals surface area contributed by atoms with Crippen molar-refractivity contribution in [3.8, 4) is 0 Å². The summed E-state index contributed by atoms with van der Waals surface area (Å²) in [7, 11) is 0.0537. The van der Waals surface area contributed by atoms with Crippen molar-refractivity contribution in [1.29, 1.82) is 0 Å². The zero-order valence-electron chi connectivity index (χ0n) is 14.4. The van der Waals surface area contributed by atoms with Gasteiger partial charge in [0.1, 0.15) is 0 Å². The Balaban J connectivity index is 1.57. The summed E-state index contributed by atoms with van der Waals surface area (Å²) in [6, 6.07) is 0. The van der Waals surface area contributed by atoms with Crippen LogP contribution >= 0.6 is 0 Å². The minimum absolute atomic E-state index is 0.0537. The van der Waals surface area contributed by atoms with Gasteiger partial charge in [0.05, 0.1) is 36.1 Å². The molecule has 3 aromatic rings. The minimum Gasteiger partial charge on any atom is -0.495 e. The van der Waals surface area contributed by atoms with E-state index in [2.05, 4.69) is 13.4 Å². The van der Waals surface area contributed by atoms with E-state index in [9.17, 15) is 0 Å². The highest BCUT2D eigenvalue weighted by molar-refractivity contribution is 6.54. The van der Waals surface area contributed by atoms with Crippen molar-refractivity contribution in [2.24, 2.45) is 0 Å². The minimum atomic E-state index is 0.0537. The summed E-state index contributed by atoms with van der Waals surface area (Å²) in [5, 5.41) is 0. The van der Waals surface area contributed by atoms with Crippen molar-refractivity contribution in [2.45, 2.75) is 57.8 Å². The smallest absolute Gasteiger partial charge is 0.206 e. The fraction of sp³-hybridized carbons (Fsp3) is 0.500. The van der Waals surface area contributed by atoms with Gasteiger partial charge >= 0.3 is 0 Å². The van der Waals surface area contributed by atoms with Gasteiger partial charge in [-0.2, -0.15) is 0 Å². The molecule has 0 amide bonds. The molecule has 3 heterocycles. The molecule has 0 atom stereocenters. The first-order chi connectivity index (χ1) is 12.4. The average molecular weight is 332 g/mol. The predicted octanol–water partition coefficient (Wildman–Crippen LogP) is 1.67. The number of rotatable bonds is 3. The topological polar surface area (TPSA) is 53.5 Å². The summed E-state index contributed by atoms with van der Waals surface area (Å²) in [5.74, 6) is 0. The van der Waals surface area contributed by atoms with Gasteiger partial charge in [-0.3, -0.25) is 0 Å². The quantitative estimate of drug-likeness (QED) is 0.686. The van der Waals surface area contributed by atoms with E-state index in [0.29, 0.717) is 0 Å². The molecule has 127 valence electrons. The third kappa shape index (κ3) is 1.89. The molecule has 6 nitrogen and oxygen atoms in total. The molecule has 0 unspecified atom stereocenters. The zero-order valence-corrected chi connectivity index (χ0v) is 14.4. The van der Waals surface area contributed by atoms with Gasteiger partial charge in [0, 0.05) is 17.1 Å². The van der Waals surface area contributed by atoms with E-state index in [1.807, 2.05) is 19.0 Å². The summed E-state index contributed by atoms with van der Waals surface area (Å²) < 4.78 is 7.13. The summed E-state index contributed by atoms with van der Waals surface area (Å²) in [4.78, 5) is 14.2. The van der Waals surface area contributed by atoms with Crippen LogP contribution in [0.15, 0.2) is 19.0 Å². The number of hydrogen-bond acceptors (Lipinski definition) is 3. The molecule has 0 fully saturated rings. The van der Waals surface area contributed by atoms with Crippen molar-refractivity contribution in [3.63, 3.8) is 0 Å². The molecule has 0 spiro atoms. The number of nitrogens with zero attached hydrogens (tertiary/aromatic N) is 6. The molecule has 0 bridgehead atoms. The number of fused-ring (bicyclic) bond motifs is 3. The molecular weight excluding hydrogens is 311 g/mol. The van der Waals surface area contributed by atoms with Crippen LogP contribution in [0.3, 0.4) is 0 Å². The molecule has 3 aromatic heterocycles. The van der Waals surface area contributed by atoms with Crippen LogP contribution in [0.4, 0.5) is 0 Å². The average Bonchev–Trinajstić information content (AvgIpc) is 3.41. The molecule has 3 aliphatic carbocycles. The Kier molecular flexibility index (Phi) is 2.84. The summed E-state index contributed by atoms with van der Waals surface area (Å²) in [5.41, 5.74) is 8.01. The van der Waals surface area contributed by atoms with Crippen LogP contribution in [0.25, 0.3) is 0 Å². The van der Waals surface area contributed by atoms with E-state index in [-0.39, 0.29) is 7.12 Å². The lowest BCUT2D eigenvalue weighted by molar-refractivity contribution is 0.801. The van der Waals surface area contributed by atoms with Crippen LogP contribution in [-0.2, 0) is 38.5 Å². The van der Waals surface area contributed by atoms with Crippen LogP contribution < -0.4 is 0 Å². The molecule has 0 aromatic carbocycles. The number of hydrogen-bond donors (Lipinski definition) is 0. The van der Waals surface area contributed by atoms with Crippen molar-refractivity contribution in [3.05, 3.63) is 53.1 Å². The summed E-state index contributed by atoms with van der Waals surface area (Å²) in [6.07, 6.45) is 16.5. The predicted molar refractivity (Wildman–Crippen MR) is 94.7 cm³/mol. The molecule has 0 saturated carbocycles. The second-order valence-electron chi connectivity index (χ2n) is 7.54. The third-order valence-corrected chi connectivity index (χ3v) is 6.18. The first-order valence-corrected chi connectivity index (χ1v) is 9.54. The van der Waals surface area contributed by atoms with Gasteiger partial charge in [-0.25, -0.2) is 15.0 Å². The summed E-state index contributed by atoms with van der Waals surface area (Å²) in [6.45, 7) is 0. The van der Waals surface area contributed by atoms with E-state index >= 15 is 0 Å². The van der Waals surface area contributed by atoms with E-state index < -0.39 is 0 Å². The van der Waals surface area contributed by atoms with Crippen LogP contribution in [-0.4, -0.2) is 35.5 Å². The van der Waals surface area contributed by atoms with Crippen LogP contribution in [0, 0.1) is 0 Å². The molecular formula is C18H21BN6-. The third-order valence-electron chi connectivity index (χ3n) is 6.18. The van der Waals surface area contributed by atoms with Gasteiger partial charge in [-0.1, -0.05) is 0 Å². The summed E-state index contributed by atoms with van der Waals surface area (Å²) >= 11 is 0. The van der Waals surface area contributed by atoms with Crippen LogP contribution in [0.5, 0.6) is 0 Å². The van der Waals surface area contributed by atoms with Crippen molar-refractivity contribution >= 4 is 7.12 Å². The number of aryl methyl sites for hydroxylation is 3. The Morgan fingerprint density at radius 2 is 0.920 bits per heavy atom. The second kappa shape index (κ2) is 5.10. The second-order valence-corrected chi connectivity index (χ2v) is 7.54. The Bertz CT molecular complexity index is 840. The maximum Gasteiger partial charge on any atom is 0.206 e. The van der Waals surface area contributed by atoms with E-state index in [1.54, 1.807) is 0 Å². The van der Waals surface area contributed by atoms with Gasteiger partial charge in [-0.15, -0.1) is 0 Å². The normalized spacial score (nSPS) is 18.1. The molecule has 25 heavy (non-hydrogen) atoms. The Morgan fingerprint density at radius 3 is 1.28 bits per heavy atom. The van der Waals surface area contributed by atoms with Crippen LogP contribution in [0.1, 0.15) is 53.4 Å². The van der Waals surface area contributed by atoms with E-state index in [0.717, 1.165) is 38.5 Å². The Labute approximate surface area is 147 Å². The molecule has 7 heteroatoms. The lowest BCUT2D eigenvalue weighted by Crippen LogP contribution is -2.43. The van der Waals surface area contributed by atoms with Gasteiger partial charge in [-0.05, 0) is 57.8 Å². The zero-order chi connectivity index (χ0) is 16.4. The largest absolute Gasteiger partial charge is 0.495 e. The highest BCUT2D eigenvalue weighted by Gasteiger charge is 2.25. The highest BCUT2D eigenvalue weighted by atomic mass is 15.3. The van der Waals surface area contributed by atoms with Crippen molar-refractivity contribution in [1.82, 2.24) is 28.4 Å². The lowest BCUT2D eigenvalue weighted by Gasteiger charge is -2.37. The van der Waals surface area contributed by atoms with Gasteiger partial charge in [0.25, 0.3) is 0 Å². The Morgan fingerprint density at radius 1 is 0.560 bits per heavy atom. The lowest BCUT2D eigenvalue weighted by atomic mass is 9.89. The SMILES string of the molecule is c1nc2c(n1[B-](n1cnc3c1CCC3)n1cnc3c1CCC3)CCC2. The molecule has 6 rings (SSSR count). The monoisotopic (exact) mass is 332 g/mol. The Hall–Kier alpha value is -2.31. The fourth-order valence-electron chi connectivity index (χ4n) is 4.99. The molecule has 3 aliphatic rings. The number of aromatic nitrogens is 6. The first-order valence-electron chi connectivity index (χ1n) is 9.54. The van der Waals surface area contributed by atoms with E-state index in [1.165, 1.54) is 53.4 Å². The van der Waals surface area contributed by atoms with Crippen molar-refractivity contribution < 1.29 is 0 Å². The first kappa shape index (κ1) is 13.9. The van der Waals surface area contributed by atoms with Gasteiger partial charge in [0.15, 0.2) is 0 Å². The van der Waals surface area contributed by atoms with Gasteiger partial charge in [0.2, 0.25) is 7.12 Å². The van der Waals surface area contributed by atoms with Crippen molar-refractivity contribution in [2.75, 3.05) is 0 Å². The molecule has 0 aliphatic heterocycles. The fourth-order valence-corrected chi connectivity index (χ4v) is 4.99. The molecule has 0 N–H and O–H groups in total. The van der Waals surface area contributed by atoms with Gasteiger partial charge < -0.3 is 13.4 Å². The molecule has 0 saturated heterocycles. The number of imidazole rings is 3. The van der Waals surface area contributed by atoms with E-state index in [4.69, 9.17) is 15.0 Å². The standard InChI is InChI=1S/C18H21BN6/c1-4-13-16(7-1)23(10-20-13)19(24-11-21-14-5-2-8-17(14)24)25-12-22-15-6-3-9-18(15)25/h10-12H,1-9H2/q-1. The van der Waals surface area contributed by atoms with Crippen LogP contribution in [0.2, 0.25) is 0 Å².